The zero-order valence-corrected chi connectivity index (χ0v) is 10.9. The second-order valence-electron chi connectivity index (χ2n) is 3.70. The molecule has 2 aromatic carbocycles. The molecule has 3 N–H and O–H groups in total. The number of anilines is 2. The quantitative estimate of drug-likeness (QED) is 0.571. The number of carbonyl (C=O) groups is 1. The Hall–Kier alpha value is -2.27. The number of hydrogen-bond donors (Lipinski definition) is 3. The minimum atomic E-state index is -0.292. The van der Waals surface area contributed by atoms with Crippen LogP contribution in [-0.2, 0) is 0 Å². The SMILES string of the molecule is N=C(Nc1ccccc1)SC(=O)Nc1ccccc1. The molecule has 0 saturated heterocycles. The minimum Gasteiger partial charge on any atom is -0.335 e. The van der Waals surface area contributed by atoms with Crippen molar-refractivity contribution in [2.75, 3.05) is 10.6 Å². The Morgan fingerprint density at radius 1 is 0.842 bits per heavy atom. The highest BCUT2D eigenvalue weighted by Gasteiger charge is 2.07. The zero-order chi connectivity index (χ0) is 13.5. The lowest BCUT2D eigenvalue weighted by atomic mass is 10.3. The van der Waals surface area contributed by atoms with Crippen molar-refractivity contribution >= 4 is 33.5 Å². The Morgan fingerprint density at radius 3 is 1.84 bits per heavy atom. The van der Waals surface area contributed by atoms with Gasteiger partial charge < -0.3 is 10.6 Å². The summed E-state index contributed by atoms with van der Waals surface area (Å²) in [6.07, 6.45) is 0. The molecule has 5 heteroatoms. The number of carbonyl (C=O) groups excluding carboxylic acids is 1. The Kier molecular flexibility index (Phi) is 4.58. The first kappa shape index (κ1) is 13.2. The standard InChI is InChI=1S/C14H13N3OS/c15-13(16-11-7-3-1-4-8-11)19-14(18)17-12-9-5-2-6-10-12/h1-10H,(H2,15,16)(H,17,18). The number of rotatable bonds is 2. The van der Waals surface area contributed by atoms with Crippen LogP contribution in [-0.4, -0.2) is 10.4 Å². The first-order chi connectivity index (χ1) is 9.24. The van der Waals surface area contributed by atoms with Crippen molar-refractivity contribution in [3.05, 3.63) is 60.7 Å². The van der Waals surface area contributed by atoms with Gasteiger partial charge in [-0.1, -0.05) is 36.4 Å². The minimum absolute atomic E-state index is 0.0830. The van der Waals surface area contributed by atoms with Crippen molar-refractivity contribution in [3.8, 4) is 0 Å². The van der Waals surface area contributed by atoms with Gasteiger partial charge in [-0.15, -0.1) is 0 Å². The van der Waals surface area contributed by atoms with Gasteiger partial charge in [0.25, 0.3) is 5.24 Å². The number of amidine groups is 1. The summed E-state index contributed by atoms with van der Waals surface area (Å²) in [5.41, 5.74) is 1.50. The second kappa shape index (κ2) is 6.61. The lowest BCUT2D eigenvalue weighted by Crippen LogP contribution is -2.13. The first-order valence-electron chi connectivity index (χ1n) is 5.68. The van der Waals surface area contributed by atoms with Crippen LogP contribution in [0.3, 0.4) is 0 Å². The van der Waals surface area contributed by atoms with Gasteiger partial charge in [0.2, 0.25) is 0 Å². The topological polar surface area (TPSA) is 65.0 Å². The Labute approximate surface area is 115 Å². The molecule has 0 aliphatic heterocycles. The number of thioether (sulfide) groups is 1. The monoisotopic (exact) mass is 271 g/mol. The number of benzene rings is 2. The number of para-hydroxylation sites is 2. The highest BCUT2D eigenvalue weighted by molar-refractivity contribution is 8.26. The van der Waals surface area contributed by atoms with Crippen LogP contribution >= 0.6 is 11.8 Å². The molecule has 0 fully saturated rings. The molecular formula is C14H13N3OS. The molecule has 2 rings (SSSR count). The van der Waals surface area contributed by atoms with E-state index in [1.54, 1.807) is 12.1 Å². The van der Waals surface area contributed by atoms with E-state index in [0.717, 1.165) is 17.4 Å². The summed E-state index contributed by atoms with van der Waals surface area (Å²) in [6.45, 7) is 0. The first-order valence-corrected chi connectivity index (χ1v) is 6.50. The molecule has 0 saturated carbocycles. The van der Waals surface area contributed by atoms with Gasteiger partial charge >= 0.3 is 0 Å². The van der Waals surface area contributed by atoms with Crippen LogP contribution < -0.4 is 10.6 Å². The van der Waals surface area contributed by atoms with E-state index in [0.29, 0.717) is 5.69 Å². The van der Waals surface area contributed by atoms with E-state index in [1.165, 1.54) is 0 Å². The van der Waals surface area contributed by atoms with Crippen LogP contribution in [0.15, 0.2) is 60.7 Å². The van der Waals surface area contributed by atoms with E-state index < -0.39 is 0 Å². The van der Waals surface area contributed by atoms with E-state index in [2.05, 4.69) is 10.6 Å². The molecule has 0 spiro atoms. The summed E-state index contributed by atoms with van der Waals surface area (Å²) in [7, 11) is 0. The maximum absolute atomic E-state index is 11.7. The number of nitrogens with one attached hydrogen (secondary N) is 3. The van der Waals surface area contributed by atoms with Crippen LogP contribution in [0, 0.1) is 5.41 Å². The summed E-state index contributed by atoms with van der Waals surface area (Å²) >= 11 is 0.811. The molecule has 2 aromatic rings. The molecule has 0 aliphatic carbocycles. The molecule has 96 valence electrons. The molecule has 0 aliphatic rings. The van der Waals surface area contributed by atoms with E-state index in [9.17, 15) is 4.79 Å². The summed E-state index contributed by atoms with van der Waals surface area (Å²) in [5, 5.41) is 13.1. The summed E-state index contributed by atoms with van der Waals surface area (Å²) in [6, 6.07) is 18.5. The molecule has 0 radical (unpaired) electrons. The van der Waals surface area contributed by atoms with Crippen molar-refractivity contribution in [3.63, 3.8) is 0 Å². The van der Waals surface area contributed by atoms with Gasteiger partial charge in [0.05, 0.1) is 0 Å². The van der Waals surface area contributed by atoms with Crippen molar-refractivity contribution in [1.82, 2.24) is 0 Å². The van der Waals surface area contributed by atoms with E-state index in [4.69, 9.17) is 5.41 Å². The third kappa shape index (κ3) is 4.48. The van der Waals surface area contributed by atoms with E-state index in [-0.39, 0.29) is 10.4 Å². The lowest BCUT2D eigenvalue weighted by Gasteiger charge is -2.07. The van der Waals surface area contributed by atoms with Gasteiger partial charge in [-0.2, -0.15) is 0 Å². The van der Waals surface area contributed by atoms with Crippen LogP contribution in [0.5, 0.6) is 0 Å². The molecule has 19 heavy (non-hydrogen) atoms. The van der Waals surface area contributed by atoms with Gasteiger partial charge in [0, 0.05) is 23.1 Å². The summed E-state index contributed by atoms with van der Waals surface area (Å²) in [5.74, 6) is 0. The van der Waals surface area contributed by atoms with Crippen LogP contribution in [0.25, 0.3) is 0 Å². The Bertz CT molecular complexity index is 506. The predicted molar refractivity (Wildman–Crippen MR) is 80.8 cm³/mol. The fraction of sp³-hybridized carbons (Fsp3) is 0. The van der Waals surface area contributed by atoms with Gasteiger partial charge in [0.15, 0.2) is 5.17 Å². The summed E-state index contributed by atoms with van der Waals surface area (Å²) < 4.78 is 0. The van der Waals surface area contributed by atoms with Crippen molar-refractivity contribution in [1.29, 1.82) is 5.41 Å². The normalized spacial score (nSPS) is 9.68. The molecule has 0 aromatic heterocycles. The second-order valence-corrected chi connectivity index (χ2v) is 4.68. The molecule has 1 amide bonds. The number of amides is 1. The van der Waals surface area contributed by atoms with Crippen molar-refractivity contribution in [2.45, 2.75) is 0 Å². The molecular weight excluding hydrogens is 258 g/mol. The van der Waals surface area contributed by atoms with E-state index >= 15 is 0 Å². The largest absolute Gasteiger partial charge is 0.335 e. The zero-order valence-electron chi connectivity index (χ0n) is 10.1. The fourth-order valence-electron chi connectivity index (χ4n) is 1.44. The van der Waals surface area contributed by atoms with Gasteiger partial charge in [-0.25, -0.2) is 0 Å². The summed E-state index contributed by atoms with van der Waals surface area (Å²) in [4.78, 5) is 11.7. The molecule has 4 nitrogen and oxygen atoms in total. The molecule has 0 atom stereocenters. The van der Waals surface area contributed by atoms with Gasteiger partial charge in [0.1, 0.15) is 0 Å². The fourth-order valence-corrected chi connectivity index (χ4v) is 1.96. The van der Waals surface area contributed by atoms with Crippen LogP contribution in [0.4, 0.5) is 16.2 Å². The highest BCUT2D eigenvalue weighted by atomic mass is 32.2. The molecule has 0 unspecified atom stereocenters. The average Bonchev–Trinajstić information content (AvgIpc) is 2.40. The molecule has 0 bridgehead atoms. The van der Waals surface area contributed by atoms with Crippen LogP contribution in [0.1, 0.15) is 0 Å². The van der Waals surface area contributed by atoms with Crippen molar-refractivity contribution in [2.24, 2.45) is 0 Å². The third-order valence-corrected chi connectivity index (χ3v) is 2.84. The van der Waals surface area contributed by atoms with Gasteiger partial charge in [-0.05, 0) is 24.3 Å². The Morgan fingerprint density at radius 2 is 1.32 bits per heavy atom. The highest BCUT2D eigenvalue weighted by Crippen LogP contribution is 2.14. The Balaban J connectivity index is 1.84. The maximum Gasteiger partial charge on any atom is 0.291 e. The van der Waals surface area contributed by atoms with Crippen molar-refractivity contribution < 1.29 is 4.79 Å². The van der Waals surface area contributed by atoms with E-state index in [1.807, 2.05) is 48.5 Å². The van der Waals surface area contributed by atoms with Gasteiger partial charge in [-0.3, -0.25) is 10.2 Å². The smallest absolute Gasteiger partial charge is 0.291 e. The number of hydrogen-bond acceptors (Lipinski definition) is 3. The lowest BCUT2D eigenvalue weighted by molar-refractivity contribution is 0.270. The average molecular weight is 271 g/mol. The third-order valence-electron chi connectivity index (χ3n) is 2.25. The predicted octanol–water partition coefficient (Wildman–Crippen LogP) is 4.00. The molecule has 0 heterocycles. The maximum atomic E-state index is 11.7. The van der Waals surface area contributed by atoms with Crippen LogP contribution in [0.2, 0.25) is 0 Å².